The molecule has 0 aromatic rings. The molecule has 1 fully saturated rings. The van der Waals surface area contributed by atoms with Gasteiger partial charge in [0.15, 0.2) is 0 Å². The highest BCUT2D eigenvalue weighted by atomic mass is 32.2. The first kappa shape index (κ1) is 11.3. The zero-order valence-corrected chi connectivity index (χ0v) is 9.57. The third-order valence-corrected chi connectivity index (χ3v) is 3.84. The van der Waals surface area contributed by atoms with Crippen LogP contribution in [0.2, 0.25) is 0 Å². The Morgan fingerprint density at radius 1 is 1.38 bits per heavy atom. The molecule has 13 heavy (non-hydrogen) atoms. The predicted molar refractivity (Wildman–Crippen MR) is 61.2 cm³/mol. The van der Waals surface area contributed by atoms with Crippen molar-refractivity contribution in [2.45, 2.75) is 49.9 Å². The Bertz CT molecular complexity index is 133. The van der Waals surface area contributed by atoms with Crippen molar-refractivity contribution in [3.8, 4) is 0 Å². The van der Waals surface area contributed by atoms with Crippen LogP contribution in [-0.4, -0.2) is 30.1 Å². The summed E-state index contributed by atoms with van der Waals surface area (Å²) in [6.45, 7) is 3.41. The summed E-state index contributed by atoms with van der Waals surface area (Å²) in [5.74, 6) is 0. The van der Waals surface area contributed by atoms with Gasteiger partial charge in [0.1, 0.15) is 0 Å². The molecule has 0 saturated heterocycles. The number of nitrogens with one attached hydrogen (secondary N) is 1. The fourth-order valence-electron chi connectivity index (χ4n) is 1.74. The summed E-state index contributed by atoms with van der Waals surface area (Å²) in [6.07, 6.45) is 7.10. The quantitative estimate of drug-likeness (QED) is 0.727. The Hall–Kier alpha value is 0.270. The molecule has 78 valence electrons. The van der Waals surface area contributed by atoms with Gasteiger partial charge in [-0.2, -0.15) is 11.8 Å². The van der Waals surface area contributed by atoms with Gasteiger partial charge in [-0.05, 0) is 31.9 Å². The Balaban J connectivity index is 2.08. The number of rotatable bonds is 4. The lowest BCUT2D eigenvalue weighted by molar-refractivity contribution is 0.344. The average Bonchev–Trinajstić information content (AvgIpc) is 2.16. The normalized spacial score (nSPS) is 31.6. The van der Waals surface area contributed by atoms with Gasteiger partial charge in [-0.3, -0.25) is 0 Å². The molecular formula is C10H22N2S. The molecule has 0 aromatic heterocycles. The second-order valence-corrected chi connectivity index (χ2v) is 5.34. The van der Waals surface area contributed by atoms with E-state index in [1.165, 1.54) is 25.7 Å². The van der Waals surface area contributed by atoms with Gasteiger partial charge in [-0.25, -0.2) is 0 Å². The van der Waals surface area contributed by atoms with E-state index in [2.05, 4.69) is 18.5 Å². The van der Waals surface area contributed by atoms with Crippen LogP contribution in [0.5, 0.6) is 0 Å². The van der Waals surface area contributed by atoms with Gasteiger partial charge >= 0.3 is 0 Å². The van der Waals surface area contributed by atoms with E-state index in [1.54, 1.807) is 0 Å². The van der Waals surface area contributed by atoms with Crippen LogP contribution in [0, 0.1) is 0 Å². The fourth-order valence-corrected chi connectivity index (χ4v) is 2.00. The lowest BCUT2D eigenvalue weighted by atomic mass is 9.92. The number of hydrogen-bond acceptors (Lipinski definition) is 3. The van der Waals surface area contributed by atoms with Crippen LogP contribution in [0.1, 0.15) is 32.6 Å². The Morgan fingerprint density at radius 2 is 2.00 bits per heavy atom. The van der Waals surface area contributed by atoms with Gasteiger partial charge < -0.3 is 11.1 Å². The summed E-state index contributed by atoms with van der Waals surface area (Å²) in [5, 5.41) is 4.35. The number of nitrogens with two attached hydrogens (primary N) is 1. The summed E-state index contributed by atoms with van der Waals surface area (Å²) >= 11 is 1.93. The maximum absolute atomic E-state index is 5.85. The van der Waals surface area contributed by atoms with Gasteiger partial charge in [0.2, 0.25) is 0 Å². The molecule has 1 atom stereocenters. The highest BCUT2D eigenvalue weighted by Crippen LogP contribution is 2.17. The van der Waals surface area contributed by atoms with Crippen molar-refractivity contribution in [3.63, 3.8) is 0 Å². The van der Waals surface area contributed by atoms with Gasteiger partial charge in [0, 0.05) is 23.9 Å². The van der Waals surface area contributed by atoms with Crippen molar-refractivity contribution in [1.82, 2.24) is 5.32 Å². The number of hydrogen-bond donors (Lipinski definition) is 2. The molecule has 1 rings (SSSR count). The molecule has 2 nitrogen and oxygen atoms in total. The second-order valence-electron chi connectivity index (χ2n) is 4.07. The van der Waals surface area contributed by atoms with Gasteiger partial charge in [-0.1, -0.05) is 6.92 Å². The van der Waals surface area contributed by atoms with Crippen molar-refractivity contribution in [2.75, 3.05) is 12.8 Å². The standard InChI is InChI=1S/C10H22N2S/c1-8(13-2)7-12-10-5-3-9(11)4-6-10/h8-10,12H,3-7,11H2,1-2H3. The number of thioether (sulfide) groups is 1. The van der Waals surface area contributed by atoms with Crippen molar-refractivity contribution in [1.29, 1.82) is 0 Å². The third-order valence-electron chi connectivity index (χ3n) is 2.87. The molecule has 1 aliphatic carbocycles. The monoisotopic (exact) mass is 202 g/mol. The highest BCUT2D eigenvalue weighted by Gasteiger charge is 2.17. The molecular weight excluding hydrogens is 180 g/mol. The van der Waals surface area contributed by atoms with E-state index in [0.29, 0.717) is 6.04 Å². The molecule has 1 unspecified atom stereocenters. The van der Waals surface area contributed by atoms with E-state index >= 15 is 0 Å². The minimum absolute atomic E-state index is 0.469. The molecule has 0 spiro atoms. The lowest BCUT2D eigenvalue weighted by Gasteiger charge is -2.27. The van der Waals surface area contributed by atoms with Crippen molar-refractivity contribution < 1.29 is 0 Å². The minimum Gasteiger partial charge on any atom is -0.328 e. The largest absolute Gasteiger partial charge is 0.328 e. The summed E-state index contributed by atoms with van der Waals surface area (Å²) < 4.78 is 0. The van der Waals surface area contributed by atoms with Gasteiger partial charge in [0.05, 0.1) is 0 Å². The zero-order valence-electron chi connectivity index (χ0n) is 8.75. The molecule has 1 saturated carbocycles. The summed E-state index contributed by atoms with van der Waals surface area (Å²) in [6, 6.07) is 1.20. The first-order valence-electron chi connectivity index (χ1n) is 5.24. The topological polar surface area (TPSA) is 38.0 Å². The first-order chi connectivity index (χ1) is 6.22. The Kier molecular flexibility index (Phi) is 5.14. The molecule has 0 aliphatic heterocycles. The molecule has 0 aromatic carbocycles. The molecule has 0 amide bonds. The lowest BCUT2D eigenvalue weighted by Crippen LogP contribution is -2.39. The Morgan fingerprint density at radius 3 is 2.54 bits per heavy atom. The van der Waals surface area contributed by atoms with E-state index in [0.717, 1.165) is 17.8 Å². The van der Waals surface area contributed by atoms with Gasteiger partial charge in [-0.15, -0.1) is 0 Å². The fraction of sp³-hybridized carbons (Fsp3) is 1.00. The molecule has 3 heteroatoms. The van der Waals surface area contributed by atoms with Gasteiger partial charge in [0.25, 0.3) is 0 Å². The minimum atomic E-state index is 0.469. The Labute approximate surface area is 86.0 Å². The maximum Gasteiger partial charge on any atom is 0.0141 e. The van der Waals surface area contributed by atoms with Crippen molar-refractivity contribution >= 4 is 11.8 Å². The highest BCUT2D eigenvalue weighted by molar-refractivity contribution is 7.99. The van der Waals surface area contributed by atoms with Crippen LogP contribution in [-0.2, 0) is 0 Å². The summed E-state index contributed by atoms with van der Waals surface area (Å²) in [7, 11) is 0. The summed E-state index contributed by atoms with van der Waals surface area (Å²) in [4.78, 5) is 0. The van der Waals surface area contributed by atoms with Crippen molar-refractivity contribution in [2.24, 2.45) is 5.73 Å². The molecule has 0 bridgehead atoms. The van der Waals surface area contributed by atoms with E-state index in [1.807, 2.05) is 11.8 Å². The van der Waals surface area contributed by atoms with E-state index < -0.39 is 0 Å². The molecule has 1 aliphatic rings. The van der Waals surface area contributed by atoms with Crippen LogP contribution in [0.3, 0.4) is 0 Å². The third kappa shape index (κ3) is 4.34. The molecule has 3 N–H and O–H groups in total. The SMILES string of the molecule is CSC(C)CNC1CCC(N)CC1. The smallest absolute Gasteiger partial charge is 0.0141 e. The zero-order chi connectivity index (χ0) is 9.68. The predicted octanol–water partition coefficient (Wildman–Crippen LogP) is 1.60. The van der Waals surface area contributed by atoms with Crippen LogP contribution < -0.4 is 11.1 Å². The van der Waals surface area contributed by atoms with E-state index in [9.17, 15) is 0 Å². The average molecular weight is 202 g/mol. The summed E-state index contributed by atoms with van der Waals surface area (Å²) in [5.41, 5.74) is 5.85. The van der Waals surface area contributed by atoms with Crippen LogP contribution in [0.15, 0.2) is 0 Å². The molecule has 0 heterocycles. The van der Waals surface area contributed by atoms with Crippen LogP contribution >= 0.6 is 11.8 Å². The van der Waals surface area contributed by atoms with Crippen LogP contribution in [0.4, 0.5) is 0 Å². The second kappa shape index (κ2) is 5.89. The van der Waals surface area contributed by atoms with Crippen LogP contribution in [0.25, 0.3) is 0 Å². The van der Waals surface area contributed by atoms with E-state index in [4.69, 9.17) is 5.73 Å². The first-order valence-corrected chi connectivity index (χ1v) is 6.53. The van der Waals surface area contributed by atoms with E-state index in [-0.39, 0.29) is 0 Å². The van der Waals surface area contributed by atoms with Crippen molar-refractivity contribution in [3.05, 3.63) is 0 Å². The molecule has 0 radical (unpaired) electrons. The maximum atomic E-state index is 5.85.